The van der Waals surface area contributed by atoms with Gasteiger partial charge in [0, 0.05) is 6.42 Å². The van der Waals surface area contributed by atoms with Crippen molar-refractivity contribution in [1.29, 1.82) is 0 Å². The van der Waals surface area contributed by atoms with Crippen molar-refractivity contribution in [2.45, 2.75) is 25.4 Å². The van der Waals surface area contributed by atoms with Gasteiger partial charge >= 0.3 is 6.03 Å². The number of benzene rings is 2. The highest BCUT2D eigenvalue weighted by molar-refractivity contribution is 6.07. The molecule has 2 aromatic carbocycles. The summed E-state index contributed by atoms with van der Waals surface area (Å²) < 4.78 is 12.9. The summed E-state index contributed by atoms with van der Waals surface area (Å²) in [6, 6.07) is 14.0. The second kappa shape index (κ2) is 7.38. The number of nitrogens with zero attached hydrogens (tertiary/aromatic N) is 5. The van der Waals surface area contributed by atoms with E-state index in [2.05, 4.69) is 20.8 Å². The van der Waals surface area contributed by atoms with Crippen LogP contribution in [0.4, 0.5) is 4.79 Å². The van der Waals surface area contributed by atoms with Crippen LogP contribution in [0.2, 0.25) is 0 Å². The largest absolute Gasteiger partial charge is 0.490 e. The van der Waals surface area contributed by atoms with Crippen LogP contribution < -0.4 is 14.8 Å². The van der Waals surface area contributed by atoms with Crippen LogP contribution in [0.15, 0.2) is 48.5 Å². The van der Waals surface area contributed by atoms with Gasteiger partial charge in [-0.3, -0.25) is 9.69 Å². The van der Waals surface area contributed by atoms with Crippen molar-refractivity contribution in [1.82, 2.24) is 30.4 Å². The van der Waals surface area contributed by atoms with E-state index in [1.165, 1.54) is 4.68 Å². The number of aromatic nitrogens is 4. The van der Waals surface area contributed by atoms with Gasteiger partial charge in [-0.15, -0.1) is 5.10 Å². The number of hydrogen-bond acceptors (Lipinski definition) is 7. The number of tetrazole rings is 1. The van der Waals surface area contributed by atoms with E-state index in [1.54, 1.807) is 25.1 Å². The molecule has 3 amide bonds. The third-order valence-corrected chi connectivity index (χ3v) is 5.43. The molecule has 1 aromatic heterocycles. The molecule has 3 aromatic rings. The third-order valence-electron chi connectivity index (χ3n) is 5.43. The molecule has 1 saturated heterocycles. The van der Waals surface area contributed by atoms with Crippen LogP contribution in [0.1, 0.15) is 24.7 Å². The highest BCUT2D eigenvalue weighted by Gasteiger charge is 2.49. The summed E-state index contributed by atoms with van der Waals surface area (Å²) in [5.41, 5.74) is 0.104. The van der Waals surface area contributed by atoms with E-state index in [-0.39, 0.29) is 6.54 Å². The lowest BCUT2D eigenvalue weighted by Gasteiger charge is -2.23. The van der Waals surface area contributed by atoms with Gasteiger partial charge in [0.1, 0.15) is 5.54 Å². The van der Waals surface area contributed by atoms with Crippen LogP contribution in [-0.2, 0) is 16.9 Å². The van der Waals surface area contributed by atoms with Crippen molar-refractivity contribution in [3.05, 3.63) is 59.9 Å². The van der Waals surface area contributed by atoms with E-state index in [1.807, 2.05) is 30.3 Å². The topological polar surface area (TPSA) is 111 Å². The maximum absolute atomic E-state index is 13.3. The van der Waals surface area contributed by atoms with Gasteiger partial charge in [-0.05, 0) is 47.2 Å². The maximum atomic E-state index is 13.3. The van der Waals surface area contributed by atoms with Crippen molar-refractivity contribution in [3.63, 3.8) is 0 Å². The minimum Gasteiger partial charge on any atom is -0.490 e. The van der Waals surface area contributed by atoms with Gasteiger partial charge in [0.25, 0.3) is 5.91 Å². The Balaban J connectivity index is 1.43. The molecule has 1 N–H and O–H groups in total. The summed E-state index contributed by atoms with van der Waals surface area (Å²) in [6.07, 6.45) is 0.779. The lowest BCUT2D eigenvalue weighted by atomic mass is 9.91. The van der Waals surface area contributed by atoms with Crippen LogP contribution in [0.5, 0.6) is 11.5 Å². The first kappa shape index (κ1) is 19.0. The fourth-order valence-corrected chi connectivity index (χ4v) is 3.73. The molecule has 1 atom stereocenters. The number of carbonyl (C=O) groups is 2. The average molecular weight is 420 g/mol. The van der Waals surface area contributed by atoms with Crippen LogP contribution in [-0.4, -0.2) is 50.3 Å². The Labute approximate surface area is 177 Å². The summed E-state index contributed by atoms with van der Waals surface area (Å²) in [5.74, 6) is 1.16. The predicted octanol–water partition coefficient (Wildman–Crippen LogP) is 1.79. The first-order chi connectivity index (χ1) is 15.1. The van der Waals surface area contributed by atoms with E-state index >= 15 is 0 Å². The van der Waals surface area contributed by atoms with Crippen molar-refractivity contribution in [2.24, 2.45) is 0 Å². The molecule has 2 aliphatic heterocycles. The number of ether oxygens (including phenoxy) is 2. The van der Waals surface area contributed by atoms with Crippen molar-refractivity contribution < 1.29 is 19.1 Å². The minimum atomic E-state index is -1.24. The van der Waals surface area contributed by atoms with E-state index in [0.29, 0.717) is 36.1 Å². The fraction of sp³-hybridized carbons (Fsp3) is 0.286. The van der Waals surface area contributed by atoms with Crippen molar-refractivity contribution in [3.8, 4) is 17.2 Å². The van der Waals surface area contributed by atoms with E-state index in [4.69, 9.17) is 9.47 Å². The van der Waals surface area contributed by atoms with Crippen molar-refractivity contribution in [2.75, 3.05) is 13.2 Å². The van der Waals surface area contributed by atoms with Gasteiger partial charge in [0.15, 0.2) is 17.3 Å². The average Bonchev–Trinajstić information content (AvgIpc) is 3.23. The molecule has 0 aliphatic carbocycles. The molecule has 0 radical (unpaired) electrons. The number of rotatable bonds is 4. The second-order valence-electron chi connectivity index (χ2n) is 7.50. The zero-order valence-corrected chi connectivity index (χ0v) is 16.8. The SMILES string of the molecule is CC1(c2ccc3c(c2)OCCCO3)NC(=O)N(Cc2nnnn2-c2ccccc2)C1=O. The number of imide groups is 1. The van der Waals surface area contributed by atoms with Gasteiger partial charge in [-0.1, -0.05) is 24.3 Å². The molecule has 0 saturated carbocycles. The summed E-state index contributed by atoms with van der Waals surface area (Å²) in [4.78, 5) is 27.2. The molecule has 5 rings (SSSR count). The molecular weight excluding hydrogens is 400 g/mol. The molecule has 10 nitrogen and oxygen atoms in total. The van der Waals surface area contributed by atoms with Gasteiger partial charge < -0.3 is 14.8 Å². The number of hydrogen-bond donors (Lipinski definition) is 1. The first-order valence-corrected chi connectivity index (χ1v) is 9.93. The summed E-state index contributed by atoms with van der Waals surface area (Å²) >= 11 is 0. The third kappa shape index (κ3) is 3.25. The molecular formula is C21H20N6O4. The van der Waals surface area contributed by atoms with Gasteiger partial charge in [-0.25, -0.2) is 4.79 Å². The maximum Gasteiger partial charge on any atom is 0.325 e. The van der Waals surface area contributed by atoms with Crippen LogP contribution in [0.3, 0.4) is 0 Å². The number of fused-ring (bicyclic) bond motifs is 1. The highest BCUT2D eigenvalue weighted by atomic mass is 16.5. The quantitative estimate of drug-likeness (QED) is 0.641. The highest BCUT2D eigenvalue weighted by Crippen LogP contribution is 2.37. The Morgan fingerprint density at radius 2 is 1.84 bits per heavy atom. The van der Waals surface area contributed by atoms with Gasteiger partial charge in [-0.2, -0.15) is 4.68 Å². The molecule has 2 aliphatic rings. The van der Waals surface area contributed by atoms with E-state index in [9.17, 15) is 9.59 Å². The van der Waals surface area contributed by atoms with Crippen LogP contribution in [0.25, 0.3) is 5.69 Å². The van der Waals surface area contributed by atoms with Crippen molar-refractivity contribution >= 4 is 11.9 Å². The standard InChI is InChI=1S/C21H20N6O4/c1-21(14-8-9-16-17(12-14)31-11-5-10-30-16)19(28)26(20(29)22-21)13-18-23-24-25-27(18)15-6-3-2-4-7-15/h2-4,6-9,12H,5,10-11,13H2,1H3,(H,22,29). The summed E-state index contributed by atoms with van der Waals surface area (Å²) in [7, 11) is 0. The lowest BCUT2D eigenvalue weighted by Crippen LogP contribution is -2.40. The number of carbonyl (C=O) groups excluding carboxylic acids is 2. The Kier molecular flexibility index (Phi) is 4.54. The Morgan fingerprint density at radius 3 is 2.65 bits per heavy atom. The molecule has 10 heteroatoms. The van der Waals surface area contributed by atoms with Gasteiger partial charge in [0.05, 0.1) is 25.4 Å². The molecule has 3 heterocycles. The predicted molar refractivity (Wildman–Crippen MR) is 108 cm³/mol. The normalized spacial score (nSPS) is 20.5. The Hall–Kier alpha value is -3.95. The Morgan fingerprint density at radius 1 is 1.06 bits per heavy atom. The fourth-order valence-electron chi connectivity index (χ4n) is 3.73. The van der Waals surface area contributed by atoms with Gasteiger partial charge in [0.2, 0.25) is 0 Å². The molecule has 0 spiro atoms. The lowest BCUT2D eigenvalue weighted by molar-refractivity contribution is -0.131. The first-order valence-electron chi connectivity index (χ1n) is 9.93. The summed E-state index contributed by atoms with van der Waals surface area (Å²) in [6.45, 7) is 2.71. The van der Waals surface area contributed by atoms with E-state index in [0.717, 1.165) is 17.0 Å². The smallest absolute Gasteiger partial charge is 0.325 e. The Bertz CT molecular complexity index is 1150. The number of amides is 3. The molecule has 1 fully saturated rings. The number of urea groups is 1. The zero-order chi connectivity index (χ0) is 21.4. The zero-order valence-electron chi connectivity index (χ0n) is 16.8. The van der Waals surface area contributed by atoms with E-state index < -0.39 is 17.5 Å². The minimum absolute atomic E-state index is 0.0628. The number of nitrogens with one attached hydrogen (secondary N) is 1. The van der Waals surface area contributed by atoms with Crippen LogP contribution in [0, 0.1) is 0 Å². The number of para-hydroxylation sites is 1. The summed E-state index contributed by atoms with van der Waals surface area (Å²) in [5, 5.41) is 14.5. The molecule has 31 heavy (non-hydrogen) atoms. The monoisotopic (exact) mass is 420 g/mol. The molecule has 0 bridgehead atoms. The van der Waals surface area contributed by atoms with Crippen LogP contribution >= 0.6 is 0 Å². The second-order valence-corrected chi connectivity index (χ2v) is 7.50. The molecule has 1 unspecified atom stereocenters. The molecule has 158 valence electrons.